The van der Waals surface area contributed by atoms with Crippen molar-refractivity contribution in [3.63, 3.8) is 0 Å². The molecule has 1 N–H and O–H groups in total. The highest BCUT2D eigenvalue weighted by Gasteiger charge is 2.28. The molecule has 4 rings (SSSR count). The first-order valence-corrected chi connectivity index (χ1v) is 12.6. The molecule has 0 unspecified atom stereocenters. The highest BCUT2D eigenvalue weighted by Crippen LogP contribution is 2.36. The minimum atomic E-state index is -0.117. The molecule has 0 aromatic heterocycles. The number of hydrogen-bond donors (Lipinski definition) is 1. The van der Waals surface area contributed by atoms with Gasteiger partial charge in [0, 0.05) is 11.6 Å². The molecule has 1 fully saturated rings. The van der Waals surface area contributed by atoms with Gasteiger partial charge in [0.25, 0.3) is 5.91 Å². The maximum Gasteiger partial charge on any atom is 0.265 e. The fourth-order valence-electron chi connectivity index (χ4n) is 4.86. The lowest BCUT2D eigenvalue weighted by Gasteiger charge is -2.30. The van der Waals surface area contributed by atoms with Gasteiger partial charge < -0.3 is 19.7 Å². The second-order valence-electron chi connectivity index (χ2n) is 9.53. The van der Waals surface area contributed by atoms with Gasteiger partial charge in [0.15, 0.2) is 6.61 Å². The first kappa shape index (κ1) is 24.1. The van der Waals surface area contributed by atoms with Crippen LogP contribution in [0.15, 0.2) is 42.5 Å². The number of nitrogens with zero attached hydrogens (tertiary/aromatic N) is 1. The van der Waals surface area contributed by atoms with E-state index in [2.05, 4.69) is 12.2 Å². The third kappa shape index (κ3) is 6.10. The molecule has 1 saturated carbocycles. The molecule has 0 radical (unpaired) electrons. The second kappa shape index (κ2) is 11.4. The molecule has 182 valence electrons. The Bertz CT molecular complexity index is 980. The van der Waals surface area contributed by atoms with E-state index in [1.807, 2.05) is 49.4 Å². The molecule has 2 amide bonds. The van der Waals surface area contributed by atoms with Crippen LogP contribution in [0.2, 0.25) is 0 Å². The van der Waals surface area contributed by atoms with E-state index in [0.29, 0.717) is 30.3 Å². The van der Waals surface area contributed by atoms with Gasteiger partial charge in [-0.25, -0.2) is 0 Å². The van der Waals surface area contributed by atoms with Crippen LogP contribution in [0.3, 0.4) is 0 Å². The van der Waals surface area contributed by atoms with Crippen molar-refractivity contribution < 1.29 is 19.1 Å². The topological polar surface area (TPSA) is 67.9 Å². The van der Waals surface area contributed by atoms with Gasteiger partial charge in [-0.2, -0.15) is 0 Å². The van der Waals surface area contributed by atoms with Crippen molar-refractivity contribution in [2.24, 2.45) is 11.8 Å². The van der Waals surface area contributed by atoms with Crippen molar-refractivity contribution in [1.29, 1.82) is 0 Å². The number of fused-ring (bicyclic) bond motifs is 1. The van der Waals surface area contributed by atoms with Crippen LogP contribution in [0.1, 0.15) is 57.4 Å². The van der Waals surface area contributed by atoms with E-state index >= 15 is 0 Å². The molecule has 2 aromatic rings. The second-order valence-corrected chi connectivity index (χ2v) is 9.53. The number of rotatable bonds is 9. The smallest absolute Gasteiger partial charge is 0.265 e. The van der Waals surface area contributed by atoms with Gasteiger partial charge in [0.1, 0.15) is 18.1 Å². The van der Waals surface area contributed by atoms with Gasteiger partial charge in [-0.15, -0.1) is 0 Å². The van der Waals surface area contributed by atoms with Crippen molar-refractivity contribution in [3.05, 3.63) is 48.0 Å². The number of benzene rings is 2. The lowest BCUT2D eigenvalue weighted by Crippen LogP contribution is -2.41. The summed E-state index contributed by atoms with van der Waals surface area (Å²) in [4.78, 5) is 27.2. The quantitative estimate of drug-likeness (QED) is 0.514. The highest BCUT2D eigenvalue weighted by molar-refractivity contribution is 5.99. The number of carbonyl (C=O) groups is 2. The number of anilines is 2. The molecule has 0 bridgehead atoms. The molecule has 1 aliphatic carbocycles. The van der Waals surface area contributed by atoms with Crippen LogP contribution in [0.25, 0.3) is 0 Å². The number of amides is 2. The number of unbranched alkanes of at least 4 members (excludes halogenated alkanes) is 1. The fraction of sp³-hybridized carbons (Fsp3) is 0.500. The van der Waals surface area contributed by atoms with E-state index in [1.54, 1.807) is 4.90 Å². The Morgan fingerprint density at radius 3 is 2.62 bits per heavy atom. The summed E-state index contributed by atoms with van der Waals surface area (Å²) in [6, 6.07) is 13.4. The predicted molar refractivity (Wildman–Crippen MR) is 135 cm³/mol. The Balaban J connectivity index is 1.35. The molecular weight excluding hydrogens is 428 g/mol. The minimum Gasteiger partial charge on any atom is -0.492 e. The maximum atomic E-state index is 12.9. The van der Waals surface area contributed by atoms with Crippen LogP contribution in [-0.2, 0) is 9.59 Å². The zero-order chi connectivity index (χ0) is 23.9. The fourth-order valence-corrected chi connectivity index (χ4v) is 4.86. The third-order valence-electron chi connectivity index (χ3n) is 6.96. The summed E-state index contributed by atoms with van der Waals surface area (Å²) in [7, 11) is 0. The van der Waals surface area contributed by atoms with Gasteiger partial charge in [-0.3, -0.25) is 9.59 Å². The van der Waals surface area contributed by atoms with E-state index in [4.69, 9.17) is 9.47 Å². The average Bonchev–Trinajstić information content (AvgIpc) is 2.85. The van der Waals surface area contributed by atoms with E-state index in [1.165, 1.54) is 24.8 Å². The average molecular weight is 465 g/mol. The van der Waals surface area contributed by atoms with Crippen LogP contribution in [0.4, 0.5) is 11.4 Å². The summed E-state index contributed by atoms with van der Waals surface area (Å²) < 4.78 is 11.4. The normalized spacial score (nSPS) is 19.8. The number of hydrogen-bond acceptors (Lipinski definition) is 4. The maximum absolute atomic E-state index is 12.9. The van der Waals surface area contributed by atoms with E-state index in [0.717, 1.165) is 37.4 Å². The number of ether oxygens (including phenoxy) is 2. The first-order chi connectivity index (χ1) is 16.5. The summed E-state index contributed by atoms with van der Waals surface area (Å²) in [5.74, 6) is 2.21. The van der Waals surface area contributed by atoms with Crippen molar-refractivity contribution in [1.82, 2.24) is 0 Å². The Hall–Kier alpha value is -3.02. The molecule has 0 saturated heterocycles. The van der Waals surface area contributed by atoms with Gasteiger partial charge >= 0.3 is 0 Å². The monoisotopic (exact) mass is 464 g/mol. The Kier molecular flexibility index (Phi) is 8.09. The summed E-state index contributed by atoms with van der Waals surface area (Å²) in [6.45, 7) is 5.04. The molecule has 34 heavy (non-hydrogen) atoms. The zero-order valence-electron chi connectivity index (χ0n) is 20.3. The van der Waals surface area contributed by atoms with Crippen LogP contribution in [0.5, 0.6) is 11.5 Å². The Labute approximate surface area is 202 Å². The van der Waals surface area contributed by atoms with Gasteiger partial charge in [0.05, 0.1) is 12.2 Å². The van der Waals surface area contributed by atoms with Crippen LogP contribution < -0.4 is 19.7 Å². The van der Waals surface area contributed by atoms with Crippen LogP contribution in [-0.4, -0.2) is 31.6 Å². The number of nitrogens with one attached hydrogen (secondary N) is 1. The van der Waals surface area contributed by atoms with Crippen LogP contribution >= 0.6 is 0 Å². The number of aryl methyl sites for hydroxylation is 1. The molecule has 1 heterocycles. The standard InChI is InChI=1S/C28H36N2O4/c1-3-4-5-21-8-10-22(11-9-21)28(32)29-23-12-15-26-25(18-23)30(27(31)19-34-26)16-17-33-24-13-6-20(2)7-14-24/h6-7,12-15,18,21-22H,3-5,8-11,16-17,19H2,1-2H3,(H,29,32). The lowest BCUT2D eigenvalue weighted by atomic mass is 9.79. The largest absolute Gasteiger partial charge is 0.492 e. The van der Waals surface area contributed by atoms with Gasteiger partial charge in [0.2, 0.25) is 5.91 Å². The van der Waals surface area contributed by atoms with Crippen LogP contribution in [0, 0.1) is 18.8 Å². The molecule has 0 atom stereocenters. The molecular formula is C28H36N2O4. The first-order valence-electron chi connectivity index (χ1n) is 12.6. The summed E-state index contributed by atoms with van der Waals surface area (Å²) >= 11 is 0. The molecule has 1 aliphatic heterocycles. The molecule has 6 nitrogen and oxygen atoms in total. The van der Waals surface area contributed by atoms with E-state index in [-0.39, 0.29) is 24.3 Å². The Morgan fingerprint density at radius 2 is 1.88 bits per heavy atom. The number of carbonyl (C=O) groups excluding carboxylic acids is 2. The zero-order valence-corrected chi connectivity index (χ0v) is 20.3. The summed E-state index contributed by atoms with van der Waals surface area (Å²) in [6.07, 6.45) is 7.99. The molecule has 6 heteroatoms. The lowest BCUT2D eigenvalue weighted by molar-refractivity contribution is -0.121. The minimum absolute atomic E-state index is 0.00447. The third-order valence-corrected chi connectivity index (χ3v) is 6.96. The summed E-state index contributed by atoms with van der Waals surface area (Å²) in [5, 5.41) is 3.08. The summed E-state index contributed by atoms with van der Waals surface area (Å²) in [5.41, 5.74) is 2.54. The SMILES string of the molecule is CCCCC1CCC(C(=O)Nc2ccc3c(c2)N(CCOc2ccc(C)cc2)C(=O)CO3)CC1. The van der Waals surface area contributed by atoms with Crippen molar-refractivity contribution in [2.75, 3.05) is 30.0 Å². The van der Waals surface area contributed by atoms with Crippen molar-refractivity contribution in [3.8, 4) is 11.5 Å². The van der Waals surface area contributed by atoms with E-state index in [9.17, 15) is 9.59 Å². The molecule has 2 aliphatic rings. The molecule has 0 spiro atoms. The molecule has 2 aromatic carbocycles. The van der Waals surface area contributed by atoms with Crippen molar-refractivity contribution >= 4 is 23.2 Å². The van der Waals surface area contributed by atoms with Gasteiger partial charge in [-0.05, 0) is 68.9 Å². The predicted octanol–water partition coefficient (Wildman–Crippen LogP) is 5.73. The Morgan fingerprint density at radius 1 is 1.12 bits per heavy atom. The van der Waals surface area contributed by atoms with Crippen molar-refractivity contribution in [2.45, 2.75) is 58.8 Å². The van der Waals surface area contributed by atoms with E-state index < -0.39 is 0 Å². The van der Waals surface area contributed by atoms with Gasteiger partial charge in [-0.1, -0.05) is 43.9 Å². The highest BCUT2D eigenvalue weighted by atomic mass is 16.5.